The quantitative estimate of drug-likeness (QED) is 0.300. The van der Waals surface area contributed by atoms with E-state index in [4.69, 9.17) is 21.3 Å². The maximum atomic E-state index is 13.3. The number of aromatic nitrogens is 3. The number of halogens is 1. The molecule has 0 unspecified atom stereocenters. The first-order valence-corrected chi connectivity index (χ1v) is 11.7. The molecule has 1 atom stereocenters. The number of fused-ring (bicyclic) bond motifs is 1. The van der Waals surface area contributed by atoms with Gasteiger partial charge in [0.1, 0.15) is 17.3 Å². The zero-order chi connectivity index (χ0) is 24.4. The number of rotatable bonds is 7. The first kappa shape index (κ1) is 22.7. The number of H-pyrrole nitrogens is 1. The van der Waals surface area contributed by atoms with Crippen molar-refractivity contribution in [2.45, 2.75) is 12.5 Å². The van der Waals surface area contributed by atoms with Crippen LogP contribution in [0.4, 0.5) is 0 Å². The van der Waals surface area contributed by atoms with Gasteiger partial charge in [0.2, 0.25) is 0 Å². The van der Waals surface area contributed by atoms with E-state index in [1.165, 1.54) is 0 Å². The highest BCUT2D eigenvalue weighted by atomic mass is 35.5. The number of amides is 1. The zero-order valence-electron chi connectivity index (χ0n) is 19.5. The molecule has 0 saturated heterocycles. The Morgan fingerprint density at radius 1 is 1.09 bits per heavy atom. The molecular formula is C28H25ClN4O2. The Kier molecular flexibility index (Phi) is 6.29. The minimum absolute atomic E-state index is 0.188. The van der Waals surface area contributed by atoms with Crippen LogP contribution in [0.2, 0.25) is 5.02 Å². The average molecular weight is 485 g/mol. The third-order valence-corrected chi connectivity index (χ3v) is 6.37. The largest absolute Gasteiger partial charge is 0.497 e. The van der Waals surface area contributed by atoms with Gasteiger partial charge < -0.3 is 19.6 Å². The molecule has 176 valence electrons. The van der Waals surface area contributed by atoms with Gasteiger partial charge in [0, 0.05) is 28.5 Å². The van der Waals surface area contributed by atoms with Crippen molar-refractivity contribution >= 4 is 28.4 Å². The summed E-state index contributed by atoms with van der Waals surface area (Å²) in [6, 6.07) is 24.8. The van der Waals surface area contributed by atoms with Crippen LogP contribution >= 0.6 is 11.6 Å². The summed E-state index contributed by atoms with van der Waals surface area (Å²) in [7, 11) is 3.60. The number of hydrogen-bond acceptors (Lipinski definition) is 3. The molecule has 5 aromatic rings. The van der Waals surface area contributed by atoms with Crippen LogP contribution in [0.5, 0.6) is 5.75 Å². The van der Waals surface area contributed by atoms with Crippen molar-refractivity contribution in [2.75, 3.05) is 7.11 Å². The van der Waals surface area contributed by atoms with Gasteiger partial charge in [-0.25, -0.2) is 4.98 Å². The van der Waals surface area contributed by atoms with E-state index < -0.39 is 0 Å². The fourth-order valence-corrected chi connectivity index (χ4v) is 4.49. The Morgan fingerprint density at radius 3 is 2.63 bits per heavy atom. The van der Waals surface area contributed by atoms with Crippen molar-refractivity contribution in [3.8, 4) is 17.0 Å². The average Bonchev–Trinajstić information content (AvgIpc) is 3.48. The summed E-state index contributed by atoms with van der Waals surface area (Å²) in [6.45, 7) is 0. The van der Waals surface area contributed by atoms with Crippen LogP contribution < -0.4 is 10.1 Å². The molecule has 0 bridgehead atoms. The number of methoxy groups -OCH3 is 1. The van der Waals surface area contributed by atoms with Gasteiger partial charge in [-0.2, -0.15) is 0 Å². The van der Waals surface area contributed by atoms with Crippen LogP contribution in [0.15, 0.2) is 85.1 Å². The fourth-order valence-electron chi connectivity index (χ4n) is 4.30. The lowest BCUT2D eigenvalue weighted by Gasteiger charge is -2.19. The van der Waals surface area contributed by atoms with Crippen LogP contribution in [0.3, 0.4) is 0 Å². The van der Waals surface area contributed by atoms with Gasteiger partial charge in [0.25, 0.3) is 5.91 Å². The number of aromatic amines is 1. The number of hydrogen-bond donors (Lipinski definition) is 2. The molecule has 2 heterocycles. The maximum absolute atomic E-state index is 13.3. The van der Waals surface area contributed by atoms with Crippen molar-refractivity contribution in [2.24, 2.45) is 7.05 Å². The van der Waals surface area contributed by atoms with E-state index in [9.17, 15) is 4.79 Å². The van der Waals surface area contributed by atoms with Crippen LogP contribution in [-0.4, -0.2) is 27.6 Å². The van der Waals surface area contributed by atoms with E-state index in [2.05, 4.69) is 10.3 Å². The second-order valence-corrected chi connectivity index (χ2v) is 8.86. The second kappa shape index (κ2) is 9.68. The molecule has 0 aliphatic rings. The molecule has 0 aliphatic carbocycles. The zero-order valence-corrected chi connectivity index (χ0v) is 20.2. The van der Waals surface area contributed by atoms with Gasteiger partial charge in [-0.15, -0.1) is 0 Å². The molecular weight excluding hydrogens is 460 g/mol. The van der Waals surface area contributed by atoms with E-state index >= 15 is 0 Å². The van der Waals surface area contributed by atoms with Crippen molar-refractivity contribution in [3.05, 3.63) is 107 Å². The lowest BCUT2D eigenvalue weighted by molar-refractivity contribution is 0.0930. The Labute approximate surface area is 208 Å². The van der Waals surface area contributed by atoms with Crippen molar-refractivity contribution in [1.29, 1.82) is 0 Å². The Morgan fingerprint density at radius 2 is 1.89 bits per heavy atom. The monoisotopic (exact) mass is 484 g/mol. The fraction of sp³-hybridized carbons (Fsp3) is 0.143. The predicted octanol–water partition coefficient (Wildman–Crippen LogP) is 5.94. The molecule has 0 saturated carbocycles. The van der Waals surface area contributed by atoms with E-state index in [1.807, 2.05) is 96.7 Å². The Bertz CT molecular complexity index is 1450. The number of nitrogens with one attached hydrogen (secondary N) is 2. The third-order valence-electron chi connectivity index (χ3n) is 6.13. The topological polar surface area (TPSA) is 71.9 Å². The molecule has 3 aromatic carbocycles. The molecule has 35 heavy (non-hydrogen) atoms. The summed E-state index contributed by atoms with van der Waals surface area (Å²) in [5.74, 6) is 1.35. The lowest BCUT2D eigenvalue weighted by atomic mass is 10.0. The number of benzene rings is 3. The summed E-state index contributed by atoms with van der Waals surface area (Å²) < 4.78 is 7.30. The van der Waals surface area contributed by atoms with Crippen LogP contribution in [0.25, 0.3) is 22.2 Å². The van der Waals surface area contributed by atoms with Gasteiger partial charge in [0.05, 0.1) is 25.0 Å². The van der Waals surface area contributed by atoms with E-state index in [0.717, 1.165) is 39.3 Å². The van der Waals surface area contributed by atoms with Crippen molar-refractivity contribution in [1.82, 2.24) is 19.9 Å². The number of nitrogens with zero attached hydrogens (tertiary/aromatic N) is 2. The molecule has 7 heteroatoms. The molecule has 2 aromatic heterocycles. The number of ether oxygens (including phenoxy) is 1. The standard InChI is InChI=1S/C28H25ClN4O2/c1-33-26(20-7-5-8-21(29)15-20)17-30-27(33)24(14-18-10-12-22(35-2)13-11-18)32-28(34)25-16-19-6-3-4-9-23(19)31-25/h3-13,15-17,24,31H,14H2,1-2H3,(H,32,34)/t24-/m0/s1. The summed E-state index contributed by atoms with van der Waals surface area (Å²) in [4.78, 5) is 21.2. The minimum Gasteiger partial charge on any atom is -0.497 e. The first-order valence-electron chi connectivity index (χ1n) is 11.3. The van der Waals surface area contributed by atoms with E-state index in [0.29, 0.717) is 17.1 Å². The number of imidazole rings is 1. The Hall–Kier alpha value is -4.03. The highest BCUT2D eigenvalue weighted by Crippen LogP contribution is 2.27. The molecule has 0 spiro atoms. The summed E-state index contributed by atoms with van der Waals surface area (Å²) in [6.07, 6.45) is 2.38. The van der Waals surface area contributed by atoms with Gasteiger partial charge >= 0.3 is 0 Å². The van der Waals surface area contributed by atoms with Crippen molar-refractivity contribution < 1.29 is 9.53 Å². The smallest absolute Gasteiger partial charge is 0.268 e. The Balaban J connectivity index is 1.48. The number of para-hydroxylation sites is 1. The highest BCUT2D eigenvalue weighted by Gasteiger charge is 2.23. The minimum atomic E-state index is -0.361. The first-order chi connectivity index (χ1) is 17.0. The molecule has 1 amide bonds. The summed E-state index contributed by atoms with van der Waals surface area (Å²) >= 11 is 6.22. The lowest BCUT2D eigenvalue weighted by Crippen LogP contribution is -2.32. The van der Waals surface area contributed by atoms with E-state index in [1.54, 1.807) is 7.11 Å². The van der Waals surface area contributed by atoms with Gasteiger partial charge in [0.15, 0.2) is 0 Å². The molecule has 6 nitrogen and oxygen atoms in total. The van der Waals surface area contributed by atoms with Gasteiger partial charge in [-0.1, -0.05) is 54.1 Å². The van der Waals surface area contributed by atoms with Crippen LogP contribution in [0, 0.1) is 0 Å². The SMILES string of the molecule is COc1ccc(C[C@H](NC(=O)c2cc3ccccc3[nH]2)c2ncc(-c3cccc(Cl)c3)n2C)cc1. The molecule has 2 N–H and O–H groups in total. The van der Waals surface area contributed by atoms with E-state index in [-0.39, 0.29) is 11.9 Å². The predicted molar refractivity (Wildman–Crippen MR) is 139 cm³/mol. The maximum Gasteiger partial charge on any atom is 0.268 e. The summed E-state index contributed by atoms with van der Waals surface area (Å²) in [5, 5.41) is 4.84. The summed E-state index contributed by atoms with van der Waals surface area (Å²) in [5.41, 5.74) is 4.37. The number of carbonyl (C=O) groups is 1. The molecule has 5 rings (SSSR count). The van der Waals surface area contributed by atoms with Gasteiger partial charge in [-0.3, -0.25) is 4.79 Å². The third kappa shape index (κ3) is 4.79. The van der Waals surface area contributed by atoms with Crippen LogP contribution in [0.1, 0.15) is 27.9 Å². The second-order valence-electron chi connectivity index (χ2n) is 8.42. The molecule has 0 radical (unpaired) electrons. The van der Waals surface area contributed by atoms with Crippen molar-refractivity contribution in [3.63, 3.8) is 0 Å². The molecule has 0 fully saturated rings. The molecule has 0 aliphatic heterocycles. The number of carbonyl (C=O) groups excluding carboxylic acids is 1. The highest BCUT2D eigenvalue weighted by molar-refractivity contribution is 6.30. The van der Waals surface area contributed by atoms with Crippen LogP contribution in [-0.2, 0) is 13.5 Å². The van der Waals surface area contributed by atoms with Gasteiger partial charge in [-0.05, 0) is 48.4 Å². The normalized spacial score (nSPS) is 12.0.